The number of carbonyl (C=O) groups excluding carboxylic acids is 1. The Balaban J connectivity index is 1.88. The normalized spacial score (nSPS) is 15.6. The van der Waals surface area contributed by atoms with Crippen molar-refractivity contribution < 1.29 is 17.6 Å². The summed E-state index contributed by atoms with van der Waals surface area (Å²) in [7, 11) is -3.80. The second-order valence-electron chi connectivity index (χ2n) is 5.85. The summed E-state index contributed by atoms with van der Waals surface area (Å²) in [4.78, 5) is 12.8. The summed E-state index contributed by atoms with van der Waals surface area (Å²) < 4.78 is 36.6. The molecule has 0 aliphatic heterocycles. The maximum absolute atomic E-state index is 13.9. The van der Waals surface area contributed by atoms with Gasteiger partial charge in [-0.3, -0.25) is 4.79 Å². The first-order chi connectivity index (χ1) is 11.3. The van der Waals surface area contributed by atoms with Crippen LogP contribution in [0.25, 0.3) is 10.4 Å². The van der Waals surface area contributed by atoms with Crippen molar-refractivity contribution in [2.24, 2.45) is 5.14 Å². The SMILES string of the molecule is NS(=O)(=O)c1ccc(-c2cc(F)cc(C(=O)NC3CCCC3)c2)s1. The molecule has 0 atom stereocenters. The Morgan fingerprint density at radius 3 is 2.54 bits per heavy atom. The van der Waals surface area contributed by atoms with Crippen LogP contribution in [0, 0.1) is 5.82 Å². The van der Waals surface area contributed by atoms with Crippen LogP contribution in [-0.2, 0) is 10.0 Å². The van der Waals surface area contributed by atoms with E-state index in [0.29, 0.717) is 10.4 Å². The third kappa shape index (κ3) is 3.82. The van der Waals surface area contributed by atoms with E-state index in [0.717, 1.165) is 37.0 Å². The molecule has 1 aromatic carbocycles. The molecule has 3 rings (SSSR count). The number of nitrogens with one attached hydrogen (secondary N) is 1. The number of benzene rings is 1. The van der Waals surface area contributed by atoms with Crippen molar-refractivity contribution in [3.8, 4) is 10.4 Å². The molecule has 1 aromatic heterocycles. The van der Waals surface area contributed by atoms with Crippen molar-refractivity contribution in [2.75, 3.05) is 0 Å². The summed E-state index contributed by atoms with van der Waals surface area (Å²) in [6.45, 7) is 0. The summed E-state index contributed by atoms with van der Waals surface area (Å²) in [5, 5.41) is 8.00. The van der Waals surface area contributed by atoms with Gasteiger partial charge in [-0.2, -0.15) is 0 Å². The molecule has 1 saturated carbocycles. The van der Waals surface area contributed by atoms with Crippen LogP contribution in [0.2, 0.25) is 0 Å². The van der Waals surface area contributed by atoms with Crippen molar-refractivity contribution in [3.05, 3.63) is 41.7 Å². The minimum atomic E-state index is -3.80. The second-order valence-corrected chi connectivity index (χ2v) is 8.72. The number of rotatable bonds is 4. The first-order valence-electron chi connectivity index (χ1n) is 7.57. The van der Waals surface area contributed by atoms with E-state index in [-0.39, 0.29) is 21.7 Å². The van der Waals surface area contributed by atoms with E-state index in [1.165, 1.54) is 18.2 Å². The molecule has 1 heterocycles. The van der Waals surface area contributed by atoms with Gasteiger partial charge in [-0.1, -0.05) is 12.8 Å². The smallest absolute Gasteiger partial charge is 0.251 e. The number of thiophene rings is 1. The molecular formula is C16H17FN2O3S2. The lowest BCUT2D eigenvalue weighted by Gasteiger charge is -2.12. The molecule has 3 N–H and O–H groups in total. The quantitative estimate of drug-likeness (QED) is 0.869. The summed E-state index contributed by atoms with van der Waals surface area (Å²) in [6, 6.07) is 7.08. The Morgan fingerprint density at radius 2 is 1.92 bits per heavy atom. The Kier molecular flexibility index (Phi) is 4.71. The summed E-state index contributed by atoms with van der Waals surface area (Å²) >= 11 is 0.944. The molecule has 1 amide bonds. The molecule has 8 heteroatoms. The predicted octanol–water partition coefficient (Wildman–Crippen LogP) is 2.87. The largest absolute Gasteiger partial charge is 0.349 e. The van der Waals surface area contributed by atoms with E-state index in [4.69, 9.17) is 5.14 Å². The lowest BCUT2D eigenvalue weighted by molar-refractivity contribution is 0.0937. The molecule has 5 nitrogen and oxygen atoms in total. The maximum Gasteiger partial charge on any atom is 0.251 e. The predicted molar refractivity (Wildman–Crippen MR) is 90.8 cm³/mol. The average Bonchev–Trinajstić information content (AvgIpc) is 3.17. The van der Waals surface area contributed by atoms with Crippen LogP contribution in [-0.4, -0.2) is 20.4 Å². The average molecular weight is 368 g/mol. The van der Waals surface area contributed by atoms with E-state index in [1.807, 2.05) is 0 Å². The fourth-order valence-corrected chi connectivity index (χ4v) is 4.55. The van der Waals surface area contributed by atoms with E-state index < -0.39 is 15.8 Å². The minimum Gasteiger partial charge on any atom is -0.349 e. The number of halogens is 1. The lowest BCUT2D eigenvalue weighted by Crippen LogP contribution is -2.32. The highest BCUT2D eigenvalue weighted by Gasteiger charge is 2.19. The zero-order chi connectivity index (χ0) is 17.3. The first-order valence-corrected chi connectivity index (χ1v) is 9.94. The Hall–Kier alpha value is -1.77. The standard InChI is InChI=1S/C16H17FN2O3S2/c17-12-8-10(14-5-6-15(23-14)24(18,21)22)7-11(9-12)16(20)19-13-3-1-2-4-13/h5-9,13H,1-4H2,(H,19,20)(H2,18,21,22). The minimum absolute atomic E-state index is 0.00119. The third-order valence-corrected chi connectivity index (χ3v) is 6.57. The first kappa shape index (κ1) is 17.1. The van der Waals surface area contributed by atoms with Crippen molar-refractivity contribution in [1.82, 2.24) is 5.32 Å². The number of primary sulfonamides is 1. The number of hydrogen-bond donors (Lipinski definition) is 2. The van der Waals surface area contributed by atoms with Crippen molar-refractivity contribution in [3.63, 3.8) is 0 Å². The fourth-order valence-electron chi connectivity index (χ4n) is 2.83. The molecule has 0 spiro atoms. The highest BCUT2D eigenvalue weighted by atomic mass is 32.2. The lowest BCUT2D eigenvalue weighted by atomic mass is 10.1. The summed E-state index contributed by atoms with van der Waals surface area (Å²) in [5.74, 6) is -0.861. The van der Waals surface area contributed by atoms with Gasteiger partial charge in [0.2, 0.25) is 10.0 Å². The van der Waals surface area contributed by atoms with Crippen LogP contribution in [0.5, 0.6) is 0 Å². The number of amides is 1. The number of sulfonamides is 1. The van der Waals surface area contributed by atoms with Gasteiger partial charge in [0.05, 0.1) is 0 Å². The van der Waals surface area contributed by atoms with Gasteiger partial charge in [-0.25, -0.2) is 17.9 Å². The van der Waals surface area contributed by atoms with E-state index >= 15 is 0 Å². The van der Waals surface area contributed by atoms with Crippen LogP contribution in [0.1, 0.15) is 36.0 Å². The van der Waals surface area contributed by atoms with Crippen LogP contribution < -0.4 is 10.5 Å². The molecule has 0 bridgehead atoms. The molecule has 0 unspecified atom stereocenters. The van der Waals surface area contributed by atoms with E-state index in [9.17, 15) is 17.6 Å². The van der Waals surface area contributed by atoms with Crippen LogP contribution >= 0.6 is 11.3 Å². The van der Waals surface area contributed by atoms with Crippen molar-refractivity contribution >= 4 is 27.3 Å². The monoisotopic (exact) mass is 368 g/mol. The van der Waals surface area contributed by atoms with E-state index in [1.54, 1.807) is 12.1 Å². The van der Waals surface area contributed by atoms with Gasteiger partial charge in [0, 0.05) is 16.5 Å². The summed E-state index contributed by atoms with van der Waals surface area (Å²) in [5.41, 5.74) is 0.675. The van der Waals surface area contributed by atoms with Gasteiger partial charge in [0.1, 0.15) is 10.0 Å². The number of hydrogen-bond acceptors (Lipinski definition) is 4. The second kappa shape index (κ2) is 6.62. The van der Waals surface area contributed by atoms with Gasteiger partial charge >= 0.3 is 0 Å². The van der Waals surface area contributed by atoms with Crippen molar-refractivity contribution in [2.45, 2.75) is 35.9 Å². The highest BCUT2D eigenvalue weighted by Crippen LogP contribution is 2.31. The zero-order valence-electron chi connectivity index (χ0n) is 12.8. The molecular weight excluding hydrogens is 351 g/mol. The summed E-state index contributed by atoms with van der Waals surface area (Å²) in [6.07, 6.45) is 4.06. The zero-order valence-corrected chi connectivity index (χ0v) is 14.4. The molecule has 1 aliphatic carbocycles. The highest BCUT2D eigenvalue weighted by molar-refractivity contribution is 7.91. The molecule has 1 fully saturated rings. The van der Waals surface area contributed by atoms with Gasteiger partial charge < -0.3 is 5.32 Å². The Morgan fingerprint density at radius 1 is 1.21 bits per heavy atom. The fraction of sp³-hybridized carbons (Fsp3) is 0.312. The van der Waals surface area contributed by atoms with Crippen LogP contribution in [0.4, 0.5) is 4.39 Å². The Labute approximate surface area is 143 Å². The molecule has 128 valence electrons. The van der Waals surface area contributed by atoms with Crippen molar-refractivity contribution in [1.29, 1.82) is 0 Å². The molecule has 0 radical (unpaired) electrons. The van der Waals surface area contributed by atoms with E-state index in [2.05, 4.69) is 5.32 Å². The molecule has 0 saturated heterocycles. The topological polar surface area (TPSA) is 89.3 Å². The van der Waals surface area contributed by atoms with Crippen LogP contribution in [0.3, 0.4) is 0 Å². The molecule has 2 aromatic rings. The third-order valence-electron chi connectivity index (χ3n) is 4.00. The number of carbonyl (C=O) groups is 1. The number of nitrogens with two attached hydrogens (primary N) is 1. The van der Waals surface area contributed by atoms with Gasteiger partial charge in [-0.15, -0.1) is 11.3 Å². The van der Waals surface area contributed by atoms with Gasteiger partial charge in [0.15, 0.2) is 0 Å². The van der Waals surface area contributed by atoms with Gasteiger partial charge in [-0.05, 0) is 48.7 Å². The maximum atomic E-state index is 13.9. The molecule has 24 heavy (non-hydrogen) atoms. The van der Waals surface area contributed by atoms with Gasteiger partial charge in [0.25, 0.3) is 5.91 Å². The van der Waals surface area contributed by atoms with Crippen LogP contribution in [0.15, 0.2) is 34.5 Å². The Bertz CT molecular complexity index is 871. The molecule has 1 aliphatic rings.